The van der Waals surface area contributed by atoms with Crippen LogP contribution < -0.4 is 21.1 Å². The molecule has 2 amide bonds. The number of nitrogens with two attached hydrogens (primary N) is 1. The van der Waals surface area contributed by atoms with Crippen LogP contribution in [-0.4, -0.2) is 17.9 Å². The van der Waals surface area contributed by atoms with Crippen molar-refractivity contribution < 1.29 is 14.3 Å². The van der Waals surface area contributed by atoms with Gasteiger partial charge in [-0.05, 0) is 43.2 Å². The Bertz CT molecular complexity index is 825. The Hall–Kier alpha value is -2.73. The van der Waals surface area contributed by atoms with Crippen LogP contribution >= 0.6 is 12.4 Å². The van der Waals surface area contributed by atoms with E-state index in [1.54, 1.807) is 30.3 Å². The highest BCUT2D eigenvalue weighted by Gasteiger charge is 2.26. The maximum Gasteiger partial charge on any atom is 0.265 e. The Morgan fingerprint density at radius 1 is 1.31 bits per heavy atom. The summed E-state index contributed by atoms with van der Waals surface area (Å²) in [7, 11) is 0. The second kappa shape index (κ2) is 8.10. The molecule has 2 unspecified atom stereocenters. The van der Waals surface area contributed by atoms with Crippen LogP contribution in [0.5, 0.6) is 5.75 Å². The number of fused-ring (bicyclic) bond motifs is 1. The SMILES string of the molecule is CCC1Oc2cc(C(C)NC(=O)c3ccccc3N)ccc2NC1=O.Cl. The normalized spacial score (nSPS) is 16.4. The van der Waals surface area contributed by atoms with Crippen LogP contribution in [0.25, 0.3) is 0 Å². The van der Waals surface area contributed by atoms with Gasteiger partial charge < -0.3 is 21.1 Å². The van der Waals surface area contributed by atoms with Crippen LogP contribution in [0.15, 0.2) is 42.5 Å². The number of halogens is 1. The molecule has 0 aliphatic carbocycles. The van der Waals surface area contributed by atoms with Gasteiger partial charge in [-0.15, -0.1) is 12.4 Å². The van der Waals surface area contributed by atoms with E-state index < -0.39 is 6.10 Å². The molecular weight excluding hydrogens is 354 g/mol. The third kappa shape index (κ3) is 3.91. The molecule has 2 atom stereocenters. The number of carbonyl (C=O) groups excluding carboxylic acids is 2. The number of ether oxygens (including phenoxy) is 1. The molecule has 6 nitrogen and oxygen atoms in total. The van der Waals surface area contributed by atoms with Gasteiger partial charge >= 0.3 is 0 Å². The molecule has 138 valence electrons. The van der Waals surface area contributed by atoms with Gasteiger partial charge in [-0.3, -0.25) is 9.59 Å². The van der Waals surface area contributed by atoms with Crippen molar-refractivity contribution >= 4 is 35.6 Å². The predicted molar refractivity (Wildman–Crippen MR) is 104 cm³/mol. The Balaban J connectivity index is 0.00000243. The van der Waals surface area contributed by atoms with Crippen LogP contribution in [0.4, 0.5) is 11.4 Å². The summed E-state index contributed by atoms with van der Waals surface area (Å²) in [5.41, 5.74) is 8.26. The van der Waals surface area contributed by atoms with E-state index in [9.17, 15) is 9.59 Å². The highest BCUT2D eigenvalue weighted by Crippen LogP contribution is 2.33. The summed E-state index contributed by atoms with van der Waals surface area (Å²) in [5, 5.41) is 5.77. The van der Waals surface area contributed by atoms with E-state index in [2.05, 4.69) is 10.6 Å². The zero-order valence-corrected chi connectivity index (χ0v) is 15.4. The molecular formula is C19H22ClN3O3. The van der Waals surface area contributed by atoms with Gasteiger partial charge in [0.05, 0.1) is 17.3 Å². The highest BCUT2D eigenvalue weighted by atomic mass is 35.5. The summed E-state index contributed by atoms with van der Waals surface area (Å²) in [4.78, 5) is 24.2. The first-order valence-corrected chi connectivity index (χ1v) is 8.26. The minimum Gasteiger partial charge on any atom is -0.478 e. The van der Waals surface area contributed by atoms with Crippen molar-refractivity contribution in [3.8, 4) is 5.75 Å². The number of benzene rings is 2. The molecule has 1 aliphatic rings. The molecule has 2 aromatic carbocycles. The largest absolute Gasteiger partial charge is 0.478 e. The maximum absolute atomic E-state index is 12.4. The zero-order valence-electron chi connectivity index (χ0n) is 14.6. The average molecular weight is 376 g/mol. The second-order valence-electron chi connectivity index (χ2n) is 6.04. The molecule has 1 aliphatic heterocycles. The molecule has 3 rings (SSSR count). The molecule has 4 N–H and O–H groups in total. The molecule has 0 saturated carbocycles. The smallest absolute Gasteiger partial charge is 0.265 e. The quantitative estimate of drug-likeness (QED) is 0.715. The first-order valence-electron chi connectivity index (χ1n) is 8.26. The fourth-order valence-electron chi connectivity index (χ4n) is 2.76. The van der Waals surface area contributed by atoms with Crippen molar-refractivity contribution in [3.63, 3.8) is 0 Å². The van der Waals surface area contributed by atoms with Crippen molar-refractivity contribution in [3.05, 3.63) is 53.6 Å². The number of rotatable bonds is 4. The number of para-hydroxylation sites is 1. The third-order valence-electron chi connectivity index (χ3n) is 4.25. The van der Waals surface area contributed by atoms with E-state index >= 15 is 0 Å². The fourth-order valence-corrected chi connectivity index (χ4v) is 2.76. The van der Waals surface area contributed by atoms with Crippen LogP contribution in [0, 0.1) is 0 Å². The number of amides is 2. The second-order valence-corrected chi connectivity index (χ2v) is 6.04. The van der Waals surface area contributed by atoms with Gasteiger partial charge in [0.2, 0.25) is 0 Å². The molecule has 0 aromatic heterocycles. The zero-order chi connectivity index (χ0) is 18.0. The van der Waals surface area contributed by atoms with E-state index in [0.717, 1.165) is 5.56 Å². The topological polar surface area (TPSA) is 93.4 Å². The van der Waals surface area contributed by atoms with Crippen molar-refractivity contribution in [2.75, 3.05) is 11.1 Å². The summed E-state index contributed by atoms with van der Waals surface area (Å²) in [6.45, 7) is 3.78. The Morgan fingerprint density at radius 3 is 2.73 bits per heavy atom. The fraction of sp³-hybridized carbons (Fsp3) is 0.263. The summed E-state index contributed by atoms with van der Waals surface area (Å²) >= 11 is 0. The van der Waals surface area contributed by atoms with Crippen LogP contribution in [0.1, 0.15) is 42.2 Å². The number of nitrogens with one attached hydrogen (secondary N) is 2. The maximum atomic E-state index is 12.4. The minimum absolute atomic E-state index is 0. The Morgan fingerprint density at radius 2 is 2.04 bits per heavy atom. The van der Waals surface area contributed by atoms with E-state index in [-0.39, 0.29) is 30.3 Å². The number of anilines is 2. The highest BCUT2D eigenvalue weighted by molar-refractivity contribution is 5.99. The summed E-state index contributed by atoms with van der Waals surface area (Å²) in [6, 6.07) is 12.2. The predicted octanol–water partition coefficient (Wildman–Crippen LogP) is 3.29. The van der Waals surface area contributed by atoms with Gasteiger partial charge in [0.1, 0.15) is 5.75 Å². The van der Waals surface area contributed by atoms with Crippen molar-refractivity contribution in [1.82, 2.24) is 5.32 Å². The minimum atomic E-state index is -0.489. The number of carbonyl (C=O) groups is 2. The van der Waals surface area contributed by atoms with Gasteiger partial charge in [-0.2, -0.15) is 0 Å². The lowest BCUT2D eigenvalue weighted by molar-refractivity contribution is -0.123. The summed E-state index contributed by atoms with van der Waals surface area (Å²) < 4.78 is 5.75. The number of hydrogen-bond acceptors (Lipinski definition) is 4. The molecule has 1 heterocycles. The molecule has 2 aromatic rings. The third-order valence-corrected chi connectivity index (χ3v) is 4.25. The van der Waals surface area contributed by atoms with E-state index in [4.69, 9.17) is 10.5 Å². The van der Waals surface area contributed by atoms with E-state index in [1.807, 2.05) is 26.0 Å². The molecule has 0 bridgehead atoms. The molecule has 0 radical (unpaired) electrons. The van der Waals surface area contributed by atoms with Crippen molar-refractivity contribution in [1.29, 1.82) is 0 Å². The van der Waals surface area contributed by atoms with Crippen molar-refractivity contribution in [2.24, 2.45) is 0 Å². The molecule has 26 heavy (non-hydrogen) atoms. The van der Waals surface area contributed by atoms with E-state index in [0.29, 0.717) is 29.1 Å². The van der Waals surface area contributed by atoms with Crippen molar-refractivity contribution in [2.45, 2.75) is 32.4 Å². The van der Waals surface area contributed by atoms with Gasteiger partial charge in [0, 0.05) is 5.69 Å². The summed E-state index contributed by atoms with van der Waals surface area (Å²) in [6.07, 6.45) is 0.103. The molecule has 0 fully saturated rings. The van der Waals surface area contributed by atoms with Crippen LogP contribution in [0.3, 0.4) is 0 Å². The number of nitrogen functional groups attached to an aromatic ring is 1. The molecule has 7 heteroatoms. The monoisotopic (exact) mass is 375 g/mol. The lowest BCUT2D eigenvalue weighted by atomic mass is 10.0. The Labute approximate surface area is 158 Å². The summed E-state index contributed by atoms with van der Waals surface area (Å²) in [5.74, 6) is 0.247. The van der Waals surface area contributed by atoms with Gasteiger partial charge in [-0.1, -0.05) is 25.1 Å². The first kappa shape index (κ1) is 19.6. The van der Waals surface area contributed by atoms with E-state index in [1.165, 1.54) is 0 Å². The Kier molecular flexibility index (Phi) is 6.10. The standard InChI is InChI=1S/C19H21N3O3.ClH/c1-3-16-19(24)22-15-9-8-12(10-17(15)25-16)11(2)21-18(23)13-6-4-5-7-14(13)20;/h4-11,16H,3,20H2,1-2H3,(H,21,23)(H,22,24);1H. The molecule has 0 spiro atoms. The van der Waals surface area contributed by atoms with Gasteiger partial charge in [0.15, 0.2) is 6.10 Å². The average Bonchev–Trinajstić information content (AvgIpc) is 2.60. The first-order chi connectivity index (χ1) is 12.0. The lowest BCUT2D eigenvalue weighted by Gasteiger charge is -2.26. The lowest BCUT2D eigenvalue weighted by Crippen LogP contribution is -2.36. The van der Waals surface area contributed by atoms with Gasteiger partial charge in [-0.25, -0.2) is 0 Å². The van der Waals surface area contributed by atoms with Crippen LogP contribution in [0.2, 0.25) is 0 Å². The van der Waals surface area contributed by atoms with Gasteiger partial charge in [0.25, 0.3) is 11.8 Å². The molecule has 0 saturated heterocycles. The van der Waals surface area contributed by atoms with Crippen LogP contribution in [-0.2, 0) is 4.79 Å². The number of hydrogen-bond donors (Lipinski definition) is 3.